The van der Waals surface area contributed by atoms with E-state index < -0.39 is 6.10 Å². The van der Waals surface area contributed by atoms with Gasteiger partial charge in [-0.15, -0.1) is 0 Å². The monoisotopic (exact) mass is 244 g/mol. The van der Waals surface area contributed by atoms with Crippen molar-refractivity contribution in [3.63, 3.8) is 0 Å². The maximum atomic E-state index is 10.4. The first-order valence-electron chi connectivity index (χ1n) is 5.88. The van der Waals surface area contributed by atoms with Crippen molar-refractivity contribution >= 4 is 0 Å². The number of aryl methyl sites for hydroxylation is 1. The van der Waals surface area contributed by atoms with Crippen LogP contribution in [0.4, 0.5) is 0 Å². The summed E-state index contributed by atoms with van der Waals surface area (Å²) < 4.78 is 5.21. The van der Waals surface area contributed by atoms with Crippen LogP contribution in [0.25, 0.3) is 0 Å². The van der Waals surface area contributed by atoms with Gasteiger partial charge in [-0.3, -0.25) is 9.97 Å². The molecule has 2 rings (SSSR count). The molecule has 0 spiro atoms. The average Bonchev–Trinajstić information content (AvgIpc) is 2.46. The highest BCUT2D eigenvalue weighted by atomic mass is 16.5. The summed E-state index contributed by atoms with van der Waals surface area (Å²) in [5.74, 6) is 0.567. The van der Waals surface area contributed by atoms with Gasteiger partial charge in [0.1, 0.15) is 17.5 Å². The van der Waals surface area contributed by atoms with Gasteiger partial charge in [0.25, 0.3) is 0 Å². The highest BCUT2D eigenvalue weighted by Crippen LogP contribution is 2.28. The smallest absolute Gasteiger partial charge is 0.143 e. The molecule has 2 aromatic rings. The van der Waals surface area contributed by atoms with Crippen LogP contribution in [0.1, 0.15) is 30.0 Å². The fourth-order valence-electron chi connectivity index (χ4n) is 1.91. The summed E-state index contributed by atoms with van der Waals surface area (Å²) in [6, 6.07) is 7.37. The number of rotatable bonds is 4. The Morgan fingerprint density at radius 2 is 1.83 bits per heavy atom. The maximum absolute atomic E-state index is 10.4. The van der Waals surface area contributed by atoms with Gasteiger partial charge in [0.2, 0.25) is 0 Å². The molecule has 0 bridgehead atoms. The van der Waals surface area contributed by atoms with Crippen LogP contribution in [-0.4, -0.2) is 22.2 Å². The number of pyridine rings is 2. The van der Waals surface area contributed by atoms with E-state index in [0.717, 1.165) is 12.0 Å². The number of ether oxygens (including phenoxy) is 1. The van der Waals surface area contributed by atoms with E-state index in [4.69, 9.17) is 4.74 Å². The molecule has 0 radical (unpaired) electrons. The van der Waals surface area contributed by atoms with Crippen molar-refractivity contribution in [3.05, 3.63) is 53.6 Å². The molecular weight excluding hydrogens is 228 g/mol. The van der Waals surface area contributed by atoms with Gasteiger partial charge in [-0.2, -0.15) is 0 Å². The molecule has 4 nitrogen and oxygen atoms in total. The fraction of sp³-hybridized carbons (Fsp3) is 0.286. The molecule has 0 amide bonds. The Kier molecular flexibility index (Phi) is 3.89. The summed E-state index contributed by atoms with van der Waals surface area (Å²) >= 11 is 0. The lowest BCUT2D eigenvalue weighted by atomic mass is 10.0. The molecule has 94 valence electrons. The van der Waals surface area contributed by atoms with Gasteiger partial charge in [0, 0.05) is 12.4 Å². The fourth-order valence-corrected chi connectivity index (χ4v) is 1.91. The van der Waals surface area contributed by atoms with E-state index in [0.29, 0.717) is 17.1 Å². The molecule has 0 aromatic carbocycles. The first-order chi connectivity index (χ1) is 8.77. The highest BCUT2D eigenvalue weighted by Gasteiger charge is 2.20. The number of hydrogen-bond donors (Lipinski definition) is 1. The third-order valence-electron chi connectivity index (χ3n) is 2.84. The van der Waals surface area contributed by atoms with Gasteiger partial charge in [-0.05, 0) is 30.2 Å². The predicted octanol–water partition coefficient (Wildman–Crippen LogP) is 2.13. The van der Waals surface area contributed by atoms with Crippen LogP contribution in [0, 0.1) is 0 Å². The first kappa shape index (κ1) is 12.5. The zero-order valence-corrected chi connectivity index (χ0v) is 10.5. The Bertz CT molecular complexity index is 481. The van der Waals surface area contributed by atoms with E-state index in [1.807, 2.05) is 19.1 Å². The van der Waals surface area contributed by atoms with E-state index in [9.17, 15) is 5.11 Å². The molecule has 0 aliphatic carbocycles. The molecule has 18 heavy (non-hydrogen) atoms. The lowest BCUT2D eigenvalue weighted by Gasteiger charge is -2.15. The molecule has 2 aromatic heterocycles. The van der Waals surface area contributed by atoms with Crippen molar-refractivity contribution in [1.82, 2.24) is 9.97 Å². The number of aromatic nitrogens is 2. The highest BCUT2D eigenvalue weighted by molar-refractivity contribution is 5.35. The Morgan fingerprint density at radius 1 is 1.17 bits per heavy atom. The van der Waals surface area contributed by atoms with Crippen LogP contribution in [-0.2, 0) is 6.42 Å². The Labute approximate surface area is 106 Å². The molecule has 0 fully saturated rings. The molecular formula is C14H16N2O2. The average molecular weight is 244 g/mol. The van der Waals surface area contributed by atoms with E-state index >= 15 is 0 Å². The van der Waals surface area contributed by atoms with Crippen molar-refractivity contribution in [2.24, 2.45) is 0 Å². The van der Waals surface area contributed by atoms with Crippen LogP contribution in [0.15, 0.2) is 36.7 Å². The zero-order chi connectivity index (χ0) is 13.0. The van der Waals surface area contributed by atoms with Crippen LogP contribution in [0.2, 0.25) is 0 Å². The molecule has 1 N–H and O–H groups in total. The lowest BCUT2D eigenvalue weighted by molar-refractivity contribution is 0.203. The summed E-state index contributed by atoms with van der Waals surface area (Å²) in [6.45, 7) is 2.03. The van der Waals surface area contributed by atoms with Crippen molar-refractivity contribution in [2.75, 3.05) is 7.11 Å². The van der Waals surface area contributed by atoms with Crippen LogP contribution < -0.4 is 4.74 Å². The largest absolute Gasteiger partial charge is 0.495 e. The van der Waals surface area contributed by atoms with Gasteiger partial charge >= 0.3 is 0 Å². The van der Waals surface area contributed by atoms with Crippen molar-refractivity contribution in [1.29, 1.82) is 0 Å². The number of methoxy groups -OCH3 is 1. The number of aliphatic hydroxyl groups excluding tert-OH is 1. The molecule has 2 heterocycles. The summed E-state index contributed by atoms with van der Waals surface area (Å²) in [4.78, 5) is 8.44. The minimum atomic E-state index is -0.864. The van der Waals surface area contributed by atoms with Crippen molar-refractivity contribution < 1.29 is 9.84 Å². The minimum absolute atomic E-state index is 0.494. The molecule has 1 unspecified atom stereocenters. The standard InChI is InChI=1S/C14H16N2O2/c1-3-10-6-4-8-15-12(10)14(17)13-11(18-2)7-5-9-16-13/h4-9,14,17H,3H2,1-2H3. The molecule has 0 aliphatic heterocycles. The predicted molar refractivity (Wildman–Crippen MR) is 68.5 cm³/mol. The topological polar surface area (TPSA) is 55.2 Å². The Balaban J connectivity index is 2.44. The zero-order valence-electron chi connectivity index (χ0n) is 10.5. The van der Waals surface area contributed by atoms with E-state index in [2.05, 4.69) is 9.97 Å². The van der Waals surface area contributed by atoms with Crippen LogP contribution >= 0.6 is 0 Å². The van der Waals surface area contributed by atoms with Gasteiger partial charge < -0.3 is 9.84 Å². The summed E-state index contributed by atoms with van der Waals surface area (Å²) in [6.07, 6.45) is 3.26. The quantitative estimate of drug-likeness (QED) is 0.895. The van der Waals surface area contributed by atoms with Gasteiger partial charge in [0.15, 0.2) is 0 Å². The summed E-state index contributed by atoms with van der Waals surface area (Å²) in [5.41, 5.74) is 2.14. The first-order valence-corrected chi connectivity index (χ1v) is 5.88. The Morgan fingerprint density at radius 3 is 2.50 bits per heavy atom. The molecule has 0 saturated heterocycles. The Hall–Kier alpha value is -1.94. The normalized spacial score (nSPS) is 12.2. The number of hydrogen-bond acceptors (Lipinski definition) is 4. The lowest BCUT2D eigenvalue weighted by Crippen LogP contribution is -2.09. The minimum Gasteiger partial charge on any atom is -0.495 e. The van der Waals surface area contributed by atoms with E-state index in [-0.39, 0.29) is 0 Å². The molecule has 0 aliphatic rings. The van der Waals surface area contributed by atoms with Gasteiger partial charge in [-0.1, -0.05) is 13.0 Å². The van der Waals surface area contributed by atoms with Crippen molar-refractivity contribution in [2.45, 2.75) is 19.4 Å². The van der Waals surface area contributed by atoms with E-state index in [1.54, 1.807) is 31.6 Å². The third-order valence-corrected chi connectivity index (χ3v) is 2.84. The molecule has 0 saturated carbocycles. The van der Waals surface area contributed by atoms with Gasteiger partial charge in [-0.25, -0.2) is 0 Å². The summed E-state index contributed by atoms with van der Waals surface area (Å²) in [7, 11) is 1.56. The second kappa shape index (κ2) is 5.60. The number of aliphatic hydroxyl groups is 1. The summed E-state index contributed by atoms with van der Waals surface area (Å²) in [5, 5.41) is 10.4. The second-order valence-corrected chi connectivity index (χ2v) is 3.89. The van der Waals surface area contributed by atoms with Crippen molar-refractivity contribution in [3.8, 4) is 5.75 Å². The van der Waals surface area contributed by atoms with E-state index in [1.165, 1.54) is 0 Å². The number of nitrogens with zero attached hydrogens (tertiary/aromatic N) is 2. The second-order valence-electron chi connectivity index (χ2n) is 3.89. The van der Waals surface area contributed by atoms with Gasteiger partial charge in [0.05, 0.1) is 12.8 Å². The third kappa shape index (κ3) is 2.33. The van der Waals surface area contributed by atoms with Crippen LogP contribution in [0.3, 0.4) is 0 Å². The SMILES string of the molecule is CCc1cccnc1C(O)c1ncccc1OC. The van der Waals surface area contributed by atoms with Crippen LogP contribution in [0.5, 0.6) is 5.75 Å². The maximum Gasteiger partial charge on any atom is 0.143 e. The molecule has 1 atom stereocenters. The molecule has 4 heteroatoms.